The Labute approximate surface area is 95.1 Å². The van der Waals surface area contributed by atoms with Gasteiger partial charge >= 0.3 is 18.1 Å². The first-order valence-electron chi connectivity index (χ1n) is 4.87. The summed E-state index contributed by atoms with van der Waals surface area (Å²) in [7, 11) is 1.27. The van der Waals surface area contributed by atoms with E-state index in [1.165, 1.54) is 7.11 Å². The van der Waals surface area contributed by atoms with Gasteiger partial charge in [0.05, 0.1) is 12.0 Å². The molecule has 0 radical (unpaired) electrons. The van der Waals surface area contributed by atoms with Crippen molar-refractivity contribution in [3.05, 3.63) is 0 Å². The van der Waals surface area contributed by atoms with E-state index in [4.69, 9.17) is 9.84 Å². The smallest absolute Gasteiger partial charge is 0.471 e. The van der Waals surface area contributed by atoms with Crippen molar-refractivity contribution in [3.63, 3.8) is 0 Å². The zero-order valence-corrected chi connectivity index (χ0v) is 9.03. The van der Waals surface area contributed by atoms with Crippen LogP contribution in [0.1, 0.15) is 6.42 Å². The van der Waals surface area contributed by atoms with Crippen molar-refractivity contribution in [1.29, 1.82) is 0 Å². The van der Waals surface area contributed by atoms with E-state index in [-0.39, 0.29) is 13.0 Å². The van der Waals surface area contributed by atoms with E-state index in [2.05, 4.69) is 0 Å². The molecule has 17 heavy (non-hydrogen) atoms. The van der Waals surface area contributed by atoms with Gasteiger partial charge in [0, 0.05) is 20.2 Å². The lowest BCUT2D eigenvalue weighted by Gasteiger charge is -2.35. The zero-order valence-electron chi connectivity index (χ0n) is 9.03. The summed E-state index contributed by atoms with van der Waals surface area (Å²) in [4.78, 5) is 22.2. The van der Waals surface area contributed by atoms with Crippen molar-refractivity contribution in [2.24, 2.45) is 5.92 Å². The summed E-state index contributed by atoms with van der Waals surface area (Å²) in [5, 5.41) is 8.78. The van der Waals surface area contributed by atoms with Gasteiger partial charge in [-0.1, -0.05) is 0 Å². The molecule has 1 rings (SSSR count). The van der Waals surface area contributed by atoms with Gasteiger partial charge in [0.1, 0.15) is 0 Å². The molecule has 2 atom stereocenters. The fourth-order valence-electron chi connectivity index (χ4n) is 1.75. The fourth-order valence-corrected chi connectivity index (χ4v) is 1.75. The second kappa shape index (κ2) is 4.91. The number of hydrogen-bond acceptors (Lipinski definition) is 3. The molecule has 0 aromatic rings. The van der Waals surface area contributed by atoms with E-state index in [9.17, 15) is 22.8 Å². The van der Waals surface area contributed by atoms with Crippen LogP contribution in [0.3, 0.4) is 0 Å². The van der Waals surface area contributed by atoms with Crippen molar-refractivity contribution in [2.45, 2.75) is 18.7 Å². The summed E-state index contributed by atoms with van der Waals surface area (Å²) < 4.78 is 41.5. The van der Waals surface area contributed by atoms with Gasteiger partial charge in [-0.3, -0.25) is 9.59 Å². The van der Waals surface area contributed by atoms with Crippen LogP contribution in [0.4, 0.5) is 13.2 Å². The van der Waals surface area contributed by atoms with E-state index in [1.54, 1.807) is 0 Å². The molecule has 5 nitrogen and oxygen atoms in total. The van der Waals surface area contributed by atoms with Crippen LogP contribution < -0.4 is 0 Å². The van der Waals surface area contributed by atoms with E-state index in [0.29, 0.717) is 4.90 Å². The summed E-state index contributed by atoms with van der Waals surface area (Å²) in [6.45, 7) is -0.674. The summed E-state index contributed by atoms with van der Waals surface area (Å²) in [6, 6.07) is 0. The van der Waals surface area contributed by atoms with Crippen molar-refractivity contribution < 1.29 is 32.6 Å². The van der Waals surface area contributed by atoms with Gasteiger partial charge in [0.2, 0.25) is 0 Å². The minimum absolute atomic E-state index is 0.105. The highest BCUT2D eigenvalue weighted by molar-refractivity contribution is 5.83. The van der Waals surface area contributed by atoms with E-state index >= 15 is 0 Å². The Balaban J connectivity index is 2.79. The number of methoxy groups -OCH3 is 1. The molecule has 1 amide bonds. The van der Waals surface area contributed by atoms with E-state index < -0.39 is 36.6 Å². The standard InChI is InChI=1S/C9H12F3NO4/c1-17-6-2-5(7(14)15)3-13(4-6)8(16)9(10,11)12/h5-6H,2-4H2,1H3,(H,14,15)/t5-,6+/m0/s1. The molecule has 1 saturated heterocycles. The maximum atomic E-state index is 12.2. The summed E-state index contributed by atoms with van der Waals surface area (Å²) in [5.74, 6) is -4.28. The van der Waals surface area contributed by atoms with Crippen LogP contribution in [-0.4, -0.2) is 54.4 Å². The van der Waals surface area contributed by atoms with Crippen LogP contribution in [0, 0.1) is 5.92 Å². The molecule has 0 aromatic heterocycles. The summed E-state index contributed by atoms with van der Waals surface area (Å²) >= 11 is 0. The van der Waals surface area contributed by atoms with Crippen LogP contribution in [0.15, 0.2) is 0 Å². The van der Waals surface area contributed by atoms with E-state index in [0.717, 1.165) is 0 Å². The van der Waals surface area contributed by atoms with Gasteiger partial charge in [0.25, 0.3) is 0 Å². The number of piperidine rings is 1. The minimum Gasteiger partial charge on any atom is -0.481 e. The minimum atomic E-state index is -4.99. The number of aliphatic carboxylic acids is 1. The number of halogens is 3. The first-order chi connectivity index (χ1) is 7.75. The van der Waals surface area contributed by atoms with Crippen LogP contribution in [0.25, 0.3) is 0 Å². The Morgan fingerprint density at radius 2 is 1.94 bits per heavy atom. The predicted molar refractivity (Wildman–Crippen MR) is 49.2 cm³/mol. The molecule has 1 heterocycles. The molecule has 1 aliphatic rings. The Kier molecular flexibility index (Phi) is 3.97. The molecule has 0 unspecified atom stereocenters. The highest BCUT2D eigenvalue weighted by atomic mass is 19.4. The normalized spacial score (nSPS) is 25.8. The molecule has 1 aliphatic heterocycles. The predicted octanol–water partition coefficient (Wildman–Crippen LogP) is 0.497. The topological polar surface area (TPSA) is 66.8 Å². The molecular formula is C9H12F3NO4. The Morgan fingerprint density at radius 1 is 1.35 bits per heavy atom. The fraction of sp³-hybridized carbons (Fsp3) is 0.778. The second-order valence-corrected chi connectivity index (χ2v) is 3.84. The van der Waals surface area contributed by atoms with Gasteiger partial charge < -0.3 is 14.7 Å². The molecule has 0 bridgehead atoms. The molecular weight excluding hydrogens is 243 g/mol. The number of carboxylic acid groups (broad SMARTS) is 1. The highest BCUT2D eigenvalue weighted by Crippen LogP contribution is 2.25. The zero-order chi connectivity index (χ0) is 13.2. The van der Waals surface area contributed by atoms with Crippen LogP contribution in [0.5, 0.6) is 0 Å². The number of likely N-dealkylation sites (tertiary alicyclic amines) is 1. The Bertz CT molecular complexity index is 318. The van der Waals surface area contributed by atoms with Crippen molar-refractivity contribution in [2.75, 3.05) is 20.2 Å². The lowest BCUT2D eigenvalue weighted by molar-refractivity contribution is -0.190. The third-order valence-corrected chi connectivity index (χ3v) is 2.62. The SMILES string of the molecule is CO[C@@H]1C[C@H](C(=O)O)CN(C(=O)C(F)(F)F)C1. The van der Waals surface area contributed by atoms with Crippen LogP contribution >= 0.6 is 0 Å². The number of ether oxygens (including phenoxy) is 1. The average molecular weight is 255 g/mol. The summed E-state index contributed by atoms with van der Waals surface area (Å²) in [5.41, 5.74) is 0. The number of hydrogen-bond donors (Lipinski definition) is 1. The lowest BCUT2D eigenvalue weighted by Crippen LogP contribution is -2.52. The van der Waals surface area contributed by atoms with Crippen molar-refractivity contribution in [3.8, 4) is 0 Å². The molecule has 8 heteroatoms. The number of carbonyl (C=O) groups is 2. The van der Waals surface area contributed by atoms with E-state index in [1.807, 2.05) is 0 Å². The second-order valence-electron chi connectivity index (χ2n) is 3.84. The number of rotatable bonds is 2. The van der Waals surface area contributed by atoms with Crippen LogP contribution in [-0.2, 0) is 14.3 Å². The average Bonchev–Trinajstić information content (AvgIpc) is 2.26. The number of carbonyl (C=O) groups excluding carboxylic acids is 1. The molecule has 0 spiro atoms. The van der Waals surface area contributed by atoms with Crippen molar-refractivity contribution >= 4 is 11.9 Å². The Morgan fingerprint density at radius 3 is 2.35 bits per heavy atom. The molecule has 0 aromatic carbocycles. The first kappa shape index (κ1) is 13.8. The van der Waals surface area contributed by atoms with Crippen LogP contribution in [0.2, 0.25) is 0 Å². The van der Waals surface area contributed by atoms with Gasteiger partial charge in [-0.15, -0.1) is 0 Å². The highest BCUT2D eigenvalue weighted by Gasteiger charge is 2.46. The lowest BCUT2D eigenvalue weighted by atomic mass is 9.96. The van der Waals surface area contributed by atoms with Gasteiger partial charge in [-0.05, 0) is 6.42 Å². The third kappa shape index (κ3) is 3.32. The largest absolute Gasteiger partial charge is 0.481 e. The number of alkyl halides is 3. The number of nitrogens with zero attached hydrogens (tertiary/aromatic N) is 1. The van der Waals surface area contributed by atoms with Crippen molar-refractivity contribution in [1.82, 2.24) is 4.90 Å². The molecule has 0 aliphatic carbocycles. The number of amides is 1. The molecule has 1 N–H and O–H groups in total. The molecule has 1 fully saturated rings. The molecule has 98 valence electrons. The Hall–Kier alpha value is -1.31. The summed E-state index contributed by atoms with van der Waals surface area (Å²) in [6.07, 6.45) is -5.57. The van der Waals surface area contributed by atoms with Gasteiger partial charge in [0.15, 0.2) is 0 Å². The third-order valence-electron chi connectivity index (χ3n) is 2.62. The monoisotopic (exact) mass is 255 g/mol. The maximum absolute atomic E-state index is 12.2. The molecule has 0 saturated carbocycles. The van der Waals surface area contributed by atoms with Gasteiger partial charge in [-0.2, -0.15) is 13.2 Å². The quantitative estimate of drug-likeness (QED) is 0.780. The van der Waals surface area contributed by atoms with Gasteiger partial charge in [-0.25, -0.2) is 0 Å². The first-order valence-corrected chi connectivity index (χ1v) is 4.87. The maximum Gasteiger partial charge on any atom is 0.471 e. The number of carboxylic acids is 1.